The Kier molecular flexibility index (Phi) is 2.67. The van der Waals surface area contributed by atoms with Crippen LogP contribution in [0, 0.1) is 0 Å². The SMILES string of the molecule is CCn1nccc1C(=O)c1cn(C2CNC2)nn1. The standard InChI is InChI=1S/C11H14N6O/c1-2-16-10(3-4-13-16)11(18)9-7-17(15-14-9)8-5-12-6-8/h3-4,7-8,12H,2,5-6H2,1H3. The highest BCUT2D eigenvalue weighted by molar-refractivity contribution is 6.06. The van der Waals surface area contributed by atoms with Crippen LogP contribution in [0.15, 0.2) is 18.5 Å². The second kappa shape index (κ2) is 4.34. The predicted octanol–water partition coefficient (Wildman–Crippen LogP) is -0.130. The van der Waals surface area contributed by atoms with Crippen LogP contribution in [0.5, 0.6) is 0 Å². The van der Waals surface area contributed by atoms with Gasteiger partial charge in [-0.1, -0.05) is 5.21 Å². The van der Waals surface area contributed by atoms with Crippen LogP contribution in [0.3, 0.4) is 0 Å². The molecule has 0 unspecified atom stereocenters. The van der Waals surface area contributed by atoms with Crippen LogP contribution in [-0.4, -0.2) is 43.6 Å². The number of aryl methyl sites for hydroxylation is 1. The van der Waals surface area contributed by atoms with Crippen molar-refractivity contribution in [3.63, 3.8) is 0 Å². The fourth-order valence-electron chi connectivity index (χ4n) is 1.93. The summed E-state index contributed by atoms with van der Waals surface area (Å²) in [5.41, 5.74) is 0.924. The van der Waals surface area contributed by atoms with Gasteiger partial charge < -0.3 is 5.32 Å². The number of carbonyl (C=O) groups is 1. The Morgan fingerprint density at radius 3 is 3.06 bits per heavy atom. The van der Waals surface area contributed by atoms with E-state index in [9.17, 15) is 4.79 Å². The summed E-state index contributed by atoms with van der Waals surface area (Å²) in [4.78, 5) is 12.2. The van der Waals surface area contributed by atoms with Crippen molar-refractivity contribution in [2.24, 2.45) is 0 Å². The third-order valence-corrected chi connectivity index (χ3v) is 3.13. The summed E-state index contributed by atoms with van der Waals surface area (Å²) in [5.74, 6) is -0.132. The van der Waals surface area contributed by atoms with Crippen LogP contribution in [0.1, 0.15) is 29.1 Å². The van der Waals surface area contributed by atoms with Crippen LogP contribution < -0.4 is 5.32 Å². The zero-order valence-electron chi connectivity index (χ0n) is 10.1. The van der Waals surface area contributed by atoms with Crippen molar-refractivity contribution in [1.82, 2.24) is 30.1 Å². The summed E-state index contributed by atoms with van der Waals surface area (Å²) in [6.45, 7) is 4.36. The summed E-state index contributed by atoms with van der Waals surface area (Å²) in [6, 6.07) is 2.02. The number of ketones is 1. The summed E-state index contributed by atoms with van der Waals surface area (Å²) >= 11 is 0. The second-order valence-electron chi connectivity index (χ2n) is 4.26. The third-order valence-electron chi connectivity index (χ3n) is 3.13. The summed E-state index contributed by atoms with van der Waals surface area (Å²) in [7, 11) is 0. The molecule has 0 aromatic carbocycles. The molecule has 1 N–H and O–H groups in total. The Bertz CT molecular complexity index is 568. The molecule has 1 fully saturated rings. The Hall–Kier alpha value is -2.02. The van der Waals surface area contributed by atoms with Crippen molar-refractivity contribution in [2.45, 2.75) is 19.5 Å². The van der Waals surface area contributed by atoms with Crippen molar-refractivity contribution >= 4 is 5.78 Å². The lowest BCUT2D eigenvalue weighted by Crippen LogP contribution is -2.43. The summed E-state index contributed by atoms with van der Waals surface area (Å²) < 4.78 is 3.41. The van der Waals surface area contributed by atoms with E-state index in [1.165, 1.54) is 0 Å². The second-order valence-corrected chi connectivity index (χ2v) is 4.26. The molecule has 0 amide bonds. The first-order valence-electron chi connectivity index (χ1n) is 5.98. The van der Waals surface area contributed by atoms with Crippen LogP contribution in [0.25, 0.3) is 0 Å². The molecule has 0 bridgehead atoms. The van der Waals surface area contributed by atoms with Gasteiger partial charge in [0.25, 0.3) is 0 Å². The highest BCUT2D eigenvalue weighted by Gasteiger charge is 2.23. The first-order chi connectivity index (χ1) is 8.79. The topological polar surface area (TPSA) is 77.6 Å². The molecule has 0 aliphatic carbocycles. The minimum Gasteiger partial charge on any atom is -0.312 e. The fourth-order valence-corrected chi connectivity index (χ4v) is 1.93. The number of nitrogens with zero attached hydrogens (tertiary/aromatic N) is 5. The highest BCUT2D eigenvalue weighted by Crippen LogP contribution is 2.12. The van der Waals surface area contributed by atoms with Crippen LogP contribution in [0.2, 0.25) is 0 Å². The normalized spacial score (nSPS) is 15.6. The zero-order valence-corrected chi connectivity index (χ0v) is 10.1. The van der Waals surface area contributed by atoms with Gasteiger partial charge in [-0.15, -0.1) is 5.10 Å². The molecule has 0 saturated carbocycles. The molecule has 1 saturated heterocycles. The molecule has 94 valence electrons. The Labute approximate surface area is 104 Å². The number of hydrogen-bond donors (Lipinski definition) is 1. The minimum atomic E-state index is -0.132. The number of hydrogen-bond acceptors (Lipinski definition) is 5. The van der Waals surface area contributed by atoms with E-state index in [0.29, 0.717) is 24.0 Å². The van der Waals surface area contributed by atoms with E-state index in [1.807, 2.05) is 6.92 Å². The van der Waals surface area contributed by atoms with Crippen molar-refractivity contribution in [3.05, 3.63) is 29.8 Å². The van der Waals surface area contributed by atoms with E-state index in [2.05, 4.69) is 20.7 Å². The molecule has 1 aliphatic heterocycles. The third kappa shape index (κ3) is 1.72. The molecule has 18 heavy (non-hydrogen) atoms. The predicted molar refractivity (Wildman–Crippen MR) is 63.3 cm³/mol. The maximum absolute atomic E-state index is 12.2. The average Bonchev–Trinajstić information content (AvgIpc) is 2.93. The molecule has 7 nitrogen and oxygen atoms in total. The molecule has 0 atom stereocenters. The molecule has 2 aromatic heterocycles. The van der Waals surface area contributed by atoms with Crippen LogP contribution in [-0.2, 0) is 6.54 Å². The molecule has 1 aliphatic rings. The number of rotatable bonds is 4. The van der Waals surface area contributed by atoms with Crippen LogP contribution in [0.4, 0.5) is 0 Å². The van der Waals surface area contributed by atoms with E-state index in [-0.39, 0.29) is 5.78 Å². The highest BCUT2D eigenvalue weighted by atomic mass is 16.1. The largest absolute Gasteiger partial charge is 0.312 e. The first-order valence-corrected chi connectivity index (χ1v) is 5.98. The van der Waals surface area contributed by atoms with Gasteiger partial charge in [-0.25, -0.2) is 4.68 Å². The van der Waals surface area contributed by atoms with E-state index < -0.39 is 0 Å². The van der Waals surface area contributed by atoms with Gasteiger partial charge in [0.2, 0.25) is 5.78 Å². The Balaban J connectivity index is 1.85. The molecular formula is C11H14N6O. The van der Waals surface area contributed by atoms with Crippen LogP contribution >= 0.6 is 0 Å². The molecule has 7 heteroatoms. The van der Waals surface area contributed by atoms with Gasteiger partial charge in [0.15, 0.2) is 5.69 Å². The number of nitrogens with one attached hydrogen (secondary N) is 1. The average molecular weight is 246 g/mol. The van der Waals surface area contributed by atoms with E-state index in [1.54, 1.807) is 27.8 Å². The zero-order chi connectivity index (χ0) is 12.5. The van der Waals surface area contributed by atoms with Gasteiger partial charge in [-0.2, -0.15) is 5.10 Å². The lowest BCUT2D eigenvalue weighted by atomic mass is 10.2. The molecule has 2 aromatic rings. The maximum atomic E-state index is 12.2. The first kappa shape index (κ1) is 11.1. The van der Waals surface area contributed by atoms with Gasteiger partial charge in [0.1, 0.15) is 5.69 Å². The quantitative estimate of drug-likeness (QED) is 0.760. The Morgan fingerprint density at radius 1 is 1.56 bits per heavy atom. The maximum Gasteiger partial charge on any atom is 0.232 e. The summed E-state index contributed by atoms with van der Waals surface area (Å²) in [6.07, 6.45) is 3.33. The monoisotopic (exact) mass is 246 g/mol. The van der Waals surface area contributed by atoms with Gasteiger partial charge in [-0.3, -0.25) is 9.48 Å². The van der Waals surface area contributed by atoms with Gasteiger partial charge in [-0.05, 0) is 13.0 Å². The fraction of sp³-hybridized carbons (Fsp3) is 0.455. The van der Waals surface area contributed by atoms with E-state index in [4.69, 9.17) is 0 Å². The van der Waals surface area contributed by atoms with E-state index >= 15 is 0 Å². The molecule has 0 radical (unpaired) electrons. The minimum absolute atomic E-state index is 0.132. The molecule has 0 spiro atoms. The van der Waals surface area contributed by atoms with E-state index in [0.717, 1.165) is 13.1 Å². The van der Waals surface area contributed by atoms with Gasteiger partial charge in [0, 0.05) is 25.8 Å². The van der Waals surface area contributed by atoms with Crippen molar-refractivity contribution < 1.29 is 4.79 Å². The molecule has 3 rings (SSSR count). The lowest BCUT2D eigenvalue weighted by molar-refractivity contribution is 0.102. The van der Waals surface area contributed by atoms with Crippen molar-refractivity contribution in [3.8, 4) is 0 Å². The molecule has 3 heterocycles. The number of aromatic nitrogens is 5. The summed E-state index contributed by atoms with van der Waals surface area (Å²) in [5, 5.41) is 15.2. The molecular weight excluding hydrogens is 232 g/mol. The van der Waals surface area contributed by atoms with Crippen molar-refractivity contribution in [2.75, 3.05) is 13.1 Å². The van der Waals surface area contributed by atoms with Gasteiger partial charge in [0.05, 0.1) is 12.2 Å². The number of carbonyl (C=O) groups excluding carboxylic acids is 1. The Morgan fingerprint density at radius 2 is 2.39 bits per heavy atom. The van der Waals surface area contributed by atoms with Gasteiger partial charge >= 0.3 is 0 Å². The lowest BCUT2D eigenvalue weighted by Gasteiger charge is -2.26. The van der Waals surface area contributed by atoms with Crippen molar-refractivity contribution in [1.29, 1.82) is 0 Å². The smallest absolute Gasteiger partial charge is 0.232 e.